The molecule has 1 rings (SSSR count). The molecule has 1 N–H and O–H groups in total. The van der Waals surface area contributed by atoms with Crippen LogP contribution in [0.5, 0.6) is 0 Å². The second kappa shape index (κ2) is 3.82. The van der Waals surface area contributed by atoms with Gasteiger partial charge in [0.25, 0.3) is 0 Å². The van der Waals surface area contributed by atoms with Gasteiger partial charge in [0.1, 0.15) is 4.60 Å². The fraction of sp³-hybridized carbons (Fsp3) is 0.333. The molecule has 0 aliphatic carbocycles. The SMILES string of the molecule is O=C(O)CCc1nc(Br)cs1. The first kappa shape index (κ1) is 8.67. The summed E-state index contributed by atoms with van der Waals surface area (Å²) in [4.78, 5) is 14.2. The van der Waals surface area contributed by atoms with E-state index in [-0.39, 0.29) is 6.42 Å². The smallest absolute Gasteiger partial charge is 0.303 e. The first-order valence-corrected chi connectivity index (χ1v) is 4.67. The molecule has 5 heteroatoms. The largest absolute Gasteiger partial charge is 0.481 e. The molecule has 1 aromatic heterocycles. The zero-order valence-electron chi connectivity index (χ0n) is 5.58. The molecular formula is C6H6BrNO2S. The normalized spacial score (nSPS) is 9.91. The van der Waals surface area contributed by atoms with E-state index in [9.17, 15) is 4.79 Å². The van der Waals surface area contributed by atoms with Gasteiger partial charge in [0.15, 0.2) is 0 Å². The molecule has 0 saturated carbocycles. The number of hydrogen-bond donors (Lipinski definition) is 1. The van der Waals surface area contributed by atoms with Crippen molar-refractivity contribution in [1.82, 2.24) is 4.98 Å². The number of carbonyl (C=O) groups is 1. The average molecular weight is 236 g/mol. The van der Waals surface area contributed by atoms with Crippen LogP contribution in [0.1, 0.15) is 11.4 Å². The van der Waals surface area contributed by atoms with Crippen LogP contribution in [0.3, 0.4) is 0 Å². The van der Waals surface area contributed by atoms with E-state index in [1.165, 1.54) is 11.3 Å². The number of aromatic nitrogens is 1. The maximum Gasteiger partial charge on any atom is 0.303 e. The molecule has 60 valence electrons. The summed E-state index contributed by atoms with van der Waals surface area (Å²) < 4.78 is 0.780. The molecule has 0 unspecified atom stereocenters. The number of carboxylic acids is 1. The summed E-state index contributed by atoms with van der Waals surface area (Å²) in [5.41, 5.74) is 0. The molecule has 0 aromatic carbocycles. The molecule has 0 bridgehead atoms. The number of hydrogen-bond acceptors (Lipinski definition) is 3. The molecule has 0 fully saturated rings. The minimum atomic E-state index is -0.781. The van der Waals surface area contributed by atoms with Crippen LogP contribution in [0.2, 0.25) is 0 Å². The highest BCUT2D eigenvalue weighted by atomic mass is 79.9. The molecule has 0 atom stereocenters. The third kappa shape index (κ3) is 2.98. The zero-order valence-corrected chi connectivity index (χ0v) is 7.98. The van der Waals surface area contributed by atoms with Gasteiger partial charge < -0.3 is 5.11 Å². The monoisotopic (exact) mass is 235 g/mol. The molecule has 1 aromatic rings. The number of aliphatic carboxylic acids is 1. The molecule has 0 aliphatic rings. The molecule has 0 saturated heterocycles. The van der Waals surface area contributed by atoms with E-state index in [1.54, 1.807) is 0 Å². The van der Waals surface area contributed by atoms with Crippen LogP contribution in [0.15, 0.2) is 9.98 Å². The van der Waals surface area contributed by atoms with E-state index in [1.807, 2.05) is 5.38 Å². The van der Waals surface area contributed by atoms with E-state index in [4.69, 9.17) is 5.11 Å². The number of rotatable bonds is 3. The van der Waals surface area contributed by atoms with Gasteiger partial charge in [-0.15, -0.1) is 11.3 Å². The standard InChI is InChI=1S/C6H6BrNO2S/c7-4-3-11-5(8-4)1-2-6(9)10/h3H,1-2H2,(H,9,10). The molecular weight excluding hydrogens is 230 g/mol. The van der Waals surface area contributed by atoms with E-state index < -0.39 is 5.97 Å². The number of aryl methyl sites for hydroxylation is 1. The second-order valence-electron chi connectivity index (χ2n) is 1.96. The highest BCUT2D eigenvalue weighted by Crippen LogP contribution is 2.15. The van der Waals surface area contributed by atoms with Crippen LogP contribution < -0.4 is 0 Å². The molecule has 0 spiro atoms. The van der Waals surface area contributed by atoms with Crippen LogP contribution in [-0.2, 0) is 11.2 Å². The Balaban J connectivity index is 2.45. The summed E-state index contributed by atoms with van der Waals surface area (Å²) in [5, 5.41) is 11.1. The van der Waals surface area contributed by atoms with Crippen LogP contribution >= 0.6 is 27.3 Å². The maximum absolute atomic E-state index is 10.1. The first-order chi connectivity index (χ1) is 5.18. The van der Waals surface area contributed by atoms with Gasteiger partial charge in [0.05, 0.1) is 11.4 Å². The topological polar surface area (TPSA) is 50.2 Å². The highest BCUT2D eigenvalue weighted by Gasteiger charge is 2.02. The van der Waals surface area contributed by atoms with Crippen LogP contribution in [0.4, 0.5) is 0 Å². The van der Waals surface area contributed by atoms with Crippen LogP contribution in [0, 0.1) is 0 Å². The number of nitrogens with zero attached hydrogens (tertiary/aromatic N) is 1. The fourth-order valence-corrected chi connectivity index (χ4v) is 1.89. The Bertz CT molecular complexity index is 261. The Hall–Kier alpha value is -0.420. The quantitative estimate of drug-likeness (QED) is 0.872. The Kier molecular flexibility index (Phi) is 3.02. The first-order valence-electron chi connectivity index (χ1n) is 3.00. The summed E-state index contributed by atoms with van der Waals surface area (Å²) in [6.45, 7) is 0. The minimum absolute atomic E-state index is 0.153. The molecule has 11 heavy (non-hydrogen) atoms. The molecule has 3 nitrogen and oxygen atoms in total. The van der Waals surface area contributed by atoms with Gasteiger partial charge in [0.2, 0.25) is 0 Å². The fourth-order valence-electron chi connectivity index (χ4n) is 0.617. The predicted octanol–water partition coefficient (Wildman–Crippen LogP) is 1.92. The Morgan fingerprint density at radius 2 is 2.55 bits per heavy atom. The van der Waals surface area contributed by atoms with Gasteiger partial charge >= 0.3 is 5.97 Å². The minimum Gasteiger partial charge on any atom is -0.481 e. The number of thiazole rings is 1. The van der Waals surface area contributed by atoms with Crippen LogP contribution in [0.25, 0.3) is 0 Å². The second-order valence-corrected chi connectivity index (χ2v) is 3.71. The van der Waals surface area contributed by atoms with E-state index >= 15 is 0 Å². The third-order valence-electron chi connectivity index (χ3n) is 1.08. The summed E-state index contributed by atoms with van der Waals surface area (Å²) >= 11 is 4.66. The van der Waals surface area contributed by atoms with Crippen molar-refractivity contribution in [2.45, 2.75) is 12.8 Å². The van der Waals surface area contributed by atoms with E-state index in [0.29, 0.717) is 6.42 Å². The zero-order chi connectivity index (χ0) is 8.27. The van der Waals surface area contributed by atoms with E-state index in [2.05, 4.69) is 20.9 Å². The lowest BCUT2D eigenvalue weighted by Crippen LogP contribution is -1.96. The van der Waals surface area contributed by atoms with Crippen molar-refractivity contribution in [2.75, 3.05) is 0 Å². The van der Waals surface area contributed by atoms with Gasteiger partial charge in [-0.25, -0.2) is 4.98 Å². The van der Waals surface area contributed by atoms with E-state index in [0.717, 1.165) is 9.61 Å². The number of carboxylic acid groups (broad SMARTS) is 1. The summed E-state index contributed by atoms with van der Waals surface area (Å²) in [7, 11) is 0. The van der Waals surface area contributed by atoms with Crippen molar-refractivity contribution in [1.29, 1.82) is 0 Å². The summed E-state index contributed by atoms with van der Waals surface area (Å²) in [6.07, 6.45) is 0.672. The Morgan fingerprint density at radius 3 is 3.00 bits per heavy atom. The van der Waals surface area contributed by atoms with Crippen LogP contribution in [-0.4, -0.2) is 16.1 Å². The predicted molar refractivity (Wildman–Crippen MR) is 45.8 cm³/mol. The Labute approximate surface area is 76.2 Å². The lowest BCUT2D eigenvalue weighted by Gasteiger charge is -1.88. The van der Waals surface area contributed by atoms with Crippen molar-refractivity contribution < 1.29 is 9.90 Å². The molecule has 1 heterocycles. The van der Waals surface area contributed by atoms with Gasteiger partial charge in [-0.3, -0.25) is 4.79 Å². The van der Waals surface area contributed by atoms with Gasteiger partial charge in [0, 0.05) is 11.8 Å². The average Bonchev–Trinajstić information content (AvgIpc) is 2.31. The molecule has 0 aliphatic heterocycles. The lowest BCUT2D eigenvalue weighted by molar-refractivity contribution is -0.136. The van der Waals surface area contributed by atoms with Gasteiger partial charge in [-0.2, -0.15) is 0 Å². The third-order valence-corrected chi connectivity index (χ3v) is 2.69. The van der Waals surface area contributed by atoms with Crippen molar-refractivity contribution >= 4 is 33.2 Å². The van der Waals surface area contributed by atoms with Crippen molar-refractivity contribution in [3.63, 3.8) is 0 Å². The summed E-state index contributed by atoms with van der Waals surface area (Å²) in [6, 6.07) is 0. The van der Waals surface area contributed by atoms with Gasteiger partial charge in [-0.05, 0) is 15.9 Å². The lowest BCUT2D eigenvalue weighted by atomic mass is 10.3. The molecule has 0 amide bonds. The van der Waals surface area contributed by atoms with Gasteiger partial charge in [-0.1, -0.05) is 0 Å². The molecule has 0 radical (unpaired) electrons. The number of halogens is 1. The van der Waals surface area contributed by atoms with Crippen molar-refractivity contribution in [3.8, 4) is 0 Å². The van der Waals surface area contributed by atoms with Crippen molar-refractivity contribution in [3.05, 3.63) is 15.0 Å². The highest BCUT2D eigenvalue weighted by molar-refractivity contribution is 9.10. The summed E-state index contributed by atoms with van der Waals surface area (Å²) in [5.74, 6) is -0.781. The maximum atomic E-state index is 10.1. The van der Waals surface area contributed by atoms with Crippen molar-refractivity contribution in [2.24, 2.45) is 0 Å². The Morgan fingerprint density at radius 1 is 1.82 bits per heavy atom.